The number of carbonyl (C=O) groups excluding carboxylic acids is 1. The van der Waals surface area contributed by atoms with Crippen LogP contribution in [0.15, 0.2) is 61.1 Å². The average Bonchev–Trinajstić information content (AvgIpc) is 3.34. The number of nitrogens with zero attached hydrogens (tertiary/aromatic N) is 4. The molecule has 0 unspecified atom stereocenters. The minimum atomic E-state index is -5.08. The van der Waals surface area contributed by atoms with Crippen molar-refractivity contribution < 1.29 is 41.4 Å². The number of piperidine rings is 1. The minimum Gasteiger partial charge on any atom is -0.475 e. The topological polar surface area (TPSA) is 97.0 Å². The zero-order chi connectivity index (χ0) is 27.7. The number of imidazole rings is 1. The molecule has 1 aromatic carbocycles. The van der Waals surface area contributed by atoms with E-state index in [1.807, 2.05) is 25.1 Å². The van der Waals surface area contributed by atoms with E-state index in [1.54, 1.807) is 47.3 Å². The zero-order valence-electron chi connectivity index (χ0n) is 19.8. The number of pyridine rings is 2. The van der Waals surface area contributed by atoms with E-state index < -0.39 is 30.6 Å². The van der Waals surface area contributed by atoms with Crippen LogP contribution < -0.4 is 4.74 Å². The van der Waals surface area contributed by atoms with Gasteiger partial charge in [-0.3, -0.25) is 4.79 Å². The highest BCUT2D eigenvalue weighted by Crippen LogP contribution is 2.33. The fraction of sp³-hybridized carbons (Fsp3) is 0.280. The number of rotatable bonds is 3. The molecular weight excluding hydrogens is 515 g/mol. The van der Waals surface area contributed by atoms with Gasteiger partial charge in [0.25, 0.3) is 11.8 Å². The van der Waals surface area contributed by atoms with Crippen LogP contribution in [0, 0.1) is 6.92 Å². The van der Waals surface area contributed by atoms with Gasteiger partial charge in [0.2, 0.25) is 5.88 Å². The number of aliphatic carboxylic acids is 1. The summed E-state index contributed by atoms with van der Waals surface area (Å²) in [6.07, 6.45) is -1.94. The average molecular weight is 536 g/mol. The molecule has 8 nitrogen and oxygen atoms in total. The normalized spacial score (nSPS) is 17.1. The summed E-state index contributed by atoms with van der Waals surface area (Å²) < 4.78 is 68.5. The Balaban J connectivity index is 0.000000426. The molecular formula is C25H21F5N4O4. The van der Waals surface area contributed by atoms with Crippen LogP contribution >= 0.6 is 0 Å². The molecule has 1 saturated heterocycles. The second-order valence-electron chi connectivity index (χ2n) is 8.55. The van der Waals surface area contributed by atoms with E-state index in [9.17, 15) is 26.7 Å². The Kier molecular flexibility index (Phi) is 7.20. The van der Waals surface area contributed by atoms with Gasteiger partial charge in [0, 0.05) is 43.0 Å². The number of aryl methyl sites for hydroxylation is 1. The monoisotopic (exact) mass is 536 g/mol. The molecule has 13 heteroatoms. The van der Waals surface area contributed by atoms with E-state index in [0.29, 0.717) is 16.7 Å². The van der Waals surface area contributed by atoms with E-state index >= 15 is 0 Å². The lowest BCUT2D eigenvalue weighted by molar-refractivity contribution is -0.192. The Bertz CT molecular complexity index is 1490. The molecule has 0 aliphatic carbocycles. The van der Waals surface area contributed by atoms with Crippen LogP contribution in [0.5, 0.6) is 5.88 Å². The van der Waals surface area contributed by atoms with Crippen LogP contribution in [0.25, 0.3) is 16.6 Å². The van der Waals surface area contributed by atoms with Crippen molar-refractivity contribution in [1.29, 1.82) is 0 Å². The molecule has 0 spiro atoms. The quantitative estimate of drug-likeness (QED) is 0.380. The Labute approximate surface area is 212 Å². The number of likely N-dealkylation sites (tertiary alicyclic amines) is 1. The van der Waals surface area contributed by atoms with Crippen molar-refractivity contribution in [2.75, 3.05) is 13.1 Å². The predicted octanol–water partition coefficient (Wildman–Crippen LogP) is 4.75. The number of carboxylic acid groups (broad SMARTS) is 1. The number of ether oxygens (including phenoxy) is 1. The number of carbonyl (C=O) groups is 2. The predicted molar refractivity (Wildman–Crippen MR) is 125 cm³/mol. The van der Waals surface area contributed by atoms with Crippen molar-refractivity contribution in [2.24, 2.45) is 0 Å². The summed E-state index contributed by atoms with van der Waals surface area (Å²) in [5.41, 5.74) is 2.51. The SMILES string of the molecule is Cc1cccc2ccc(O[C@H]3CN(C(=O)c4cccn5ccnc45)CCC3(F)F)nc12.O=C(O)C(F)(F)F. The maximum atomic E-state index is 14.7. The molecule has 0 saturated carbocycles. The molecule has 1 N–H and O–H groups in total. The first-order valence-electron chi connectivity index (χ1n) is 11.3. The highest BCUT2D eigenvalue weighted by molar-refractivity contribution is 5.99. The van der Waals surface area contributed by atoms with Gasteiger partial charge in [-0.25, -0.2) is 23.5 Å². The summed E-state index contributed by atoms with van der Waals surface area (Å²) in [5.74, 6) is -6.05. The summed E-state index contributed by atoms with van der Waals surface area (Å²) in [6.45, 7) is 1.61. The van der Waals surface area contributed by atoms with E-state index in [2.05, 4.69) is 9.97 Å². The van der Waals surface area contributed by atoms with Gasteiger partial charge in [0.05, 0.1) is 17.6 Å². The molecule has 1 aliphatic rings. The minimum absolute atomic E-state index is 0.0578. The molecule has 1 fully saturated rings. The van der Waals surface area contributed by atoms with Gasteiger partial charge in [-0.05, 0) is 30.7 Å². The van der Waals surface area contributed by atoms with E-state index in [0.717, 1.165) is 10.9 Å². The third kappa shape index (κ3) is 5.66. The van der Waals surface area contributed by atoms with Gasteiger partial charge in [0.15, 0.2) is 6.10 Å². The Morgan fingerprint density at radius 3 is 2.55 bits per heavy atom. The number of fused-ring (bicyclic) bond motifs is 2. The van der Waals surface area contributed by atoms with Crippen LogP contribution in [-0.4, -0.2) is 67.5 Å². The second kappa shape index (κ2) is 10.2. The number of alkyl halides is 5. The summed E-state index contributed by atoms with van der Waals surface area (Å²) in [5, 5.41) is 8.03. The molecule has 38 heavy (non-hydrogen) atoms. The van der Waals surface area contributed by atoms with Gasteiger partial charge in [-0.2, -0.15) is 13.2 Å². The van der Waals surface area contributed by atoms with Crippen LogP contribution in [0.1, 0.15) is 22.3 Å². The van der Waals surface area contributed by atoms with Crippen LogP contribution in [-0.2, 0) is 4.79 Å². The van der Waals surface area contributed by atoms with Crippen LogP contribution in [0.3, 0.4) is 0 Å². The van der Waals surface area contributed by atoms with Crippen molar-refractivity contribution in [3.8, 4) is 5.88 Å². The molecule has 3 aromatic heterocycles. The Morgan fingerprint density at radius 1 is 1.11 bits per heavy atom. The Morgan fingerprint density at radius 2 is 1.84 bits per heavy atom. The maximum Gasteiger partial charge on any atom is 0.490 e. The zero-order valence-corrected chi connectivity index (χ0v) is 19.8. The fourth-order valence-electron chi connectivity index (χ4n) is 3.95. The number of aromatic nitrogens is 3. The molecule has 1 amide bonds. The maximum absolute atomic E-state index is 14.7. The number of benzene rings is 1. The number of para-hydroxylation sites is 1. The summed E-state index contributed by atoms with van der Waals surface area (Å²) in [7, 11) is 0. The highest BCUT2D eigenvalue weighted by atomic mass is 19.4. The third-order valence-corrected chi connectivity index (χ3v) is 5.91. The smallest absolute Gasteiger partial charge is 0.475 e. The fourth-order valence-corrected chi connectivity index (χ4v) is 3.95. The van der Waals surface area contributed by atoms with Gasteiger partial charge in [0.1, 0.15) is 5.65 Å². The molecule has 0 bridgehead atoms. The first-order valence-corrected chi connectivity index (χ1v) is 11.3. The number of carboxylic acids is 1. The lowest BCUT2D eigenvalue weighted by Crippen LogP contribution is -2.55. The van der Waals surface area contributed by atoms with Crippen LogP contribution in [0.2, 0.25) is 0 Å². The number of hydrogen-bond acceptors (Lipinski definition) is 5. The van der Waals surface area contributed by atoms with Crippen molar-refractivity contribution in [2.45, 2.75) is 31.5 Å². The molecule has 1 aliphatic heterocycles. The van der Waals surface area contributed by atoms with E-state index in [-0.39, 0.29) is 24.9 Å². The first kappa shape index (κ1) is 26.8. The standard InChI is InChI=1S/C23H20F2N4O2.C2HF3O2/c1-15-4-2-5-16-7-8-19(27-20(15)16)31-18-14-29(12-9-23(18,24)25)22(30)17-6-3-11-28-13-10-26-21(17)28;3-2(4,5)1(6)7/h2-8,10-11,13,18H,9,12,14H2,1H3;(H,6,7)/t18-;/m0./s1. The molecule has 4 heterocycles. The molecule has 5 rings (SSSR count). The summed E-state index contributed by atoms with van der Waals surface area (Å²) in [6, 6.07) is 12.5. The van der Waals surface area contributed by atoms with Gasteiger partial charge >= 0.3 is 12.1 Å². The summed E-state index contributed by atoms with van der Waals surface area (Å²) >= 11 is 0. The van der Waals surface area contributed by atoms with E-state index in [1.165, 1.54) is 4.90 Å². The van der Waals surface area contributed by atoms with Crippen molar-refractivity contribution >= 4 is 28.4 Å². The highest BCUT2D eigenvalue weighted by Gasteiger charge is 2.47. The molecule has 1 atom stereocenters. The van der Waals surface area contributed by atoms with Gasteiger partial charge in [-0.15, -0.1) is 0 Å². The molecule has 200 valence electrons. The Hall–Kier alpha value is -4.29. The van der Waals surface area contributed by atoms with Crippen molar-refractivity contribution in [3.63, 3.8) is 0 Å². The van der Waals surface area contributed by atoms with Gasteiger partial charge in [-0.1, -0.05) is 18.2 Å². The first-order chi connectivity index (χ1) is 17.9. The van der Waals surface area contributed by atoms with Crippen molar-refractivity contribution in [3.05, 3.63) is 72.2 Å². The number of amides is 1. The number of halogens is 5. The summed E-state index contributed by atoms with van der Waals surface area (Å²) in [4.78, 5) is 32.0. The molecule has 0 radical (unpaired) electrons. The van der Waals surface area contributed by atoms with Gasteiger partial charge < -0.3 is 19.1 Å². The lowest BCUT2D eigenvalue weighted by Gasteiger charge is -2.38. The van der Waals surface area contributed by atoms with Crippen LogP contribution in [0.4, 0.5) is 22.0 Å². The number of hydrogen-bond donors (Lipinski definition) is 1. The molecule has 4 aromatic rings. The van der Waals surface area contributed by atoms with Crippen molar-refractivity contribution in [1.82, 2.24) is 19.3 Å². The van der Waals surface area contributed by atoms with E-state index in [4.69, 9.17) is 14.6 Å². The largest absolute Gasteiger partial charge is 0.490 e. The lowest BCUT2D eigenvalue weighted by atomic mass is 10.0. The second-order valence-corrected chi connectivity index (χ2v) is 8.55. The third-order valence-electron chi connectivity index (χ3n) is 5.91.